The van der Waals surface area contributed by atoms with Crippen LogP contribution in [0.3, 0.4) is 0 Å². The van der Waals surface area contributed by atoms with Gasteiger partial charge in [-0.05, 0) is 49.9 Å². The molecule has 3 aliphatic rings. The fraction of sp³-hybridized carbons (Fsp3) is 0.433. The molecule has 0 spiro atoms. The monoisotopic (exact) mass is 619 g/mol. The Morgan fingerprint density at radius 2 is 1.95 bits per heavy atom. The minimum absolute atomic E-state index is 0.103. The summed E-state index contributed by atoms with van der Waals surface area (Å²) in [6, 6.07) is 12.5. The normalized spacial score (nSPS) is 19.3. The van der Waals surface area contributed by atoms with Crippen molar-refractivity contribution in [2.45, 2.75) is 44.2 Å². The Kier molecular flexibility index (Phi) is 9.89. The van der Waals surface area contributed by atoms with E-state index in [1.54, 1.807) is 24.3 Å². The lowest BCUT2D eigenvalue weighted by Gasteiger charge is -2.35. The van der Waals surface area contributed by atoms with Crippen molar-refractivity contribution in [3.63, 3.8) is 0 Å². The molecule has 3 aromatic rings. The molecule has 0 radical (unpaired) electrons. The summed E-state index contributed by atoms with van der Waals surface area (Å²) in [6.45, 7) is 3.51. The zero-order chi connectivity index (χ0) is 30.4. The van der Waals surface area contributed by atoms with E-state index in [9.17, 15) is 18.0 Å². The first-order valence-corrected chi connectivity index (χ1v) is 14.5. The molecule has 13 heteroatoms. The van der Waals surface area contributed by atoms with Gasteiger partial charge in [0, 0.05) is 44.4 Å². The largest absolute Gasteiger partial charge is 0.475 e. The first-order chi connectivity index (χ1) is 20.7. The van der Waals surface area contributed by atoms with Crippen molar-refractivity contribution in [3.05, 3.63) is 59.1 Å². The van der Waals surface area contributed by atoms with Crippen LogP contribution in [-0.4, -0.2) is 68.7 Å². The molecule has 9 nitrogen and oxygen atoms in total. The molecule has 1 amide bonds. The summed E-state index contributed by atoms with van der Waals surface area (Å²) in [7, 11) is 1.98. The fourth-order valence-corrected chi connectivity index (χ4v) is 5.52. The van der Waals surface area contributed by atoms with Crippen LogP contribution < -0.4 is 19.9 Å². The van der Waals surface area contributed by atoms with E-state index in [0.29, 0.717) is 53.6 Å². The van der Waals surface area contributed by atoms with E-state index < -0.39 is 11.7 Å². The van der Waals surface area contributed by atoms with Gasteiger partial charge in [-0.25, -0.2) is 4.98 Å². The third-order valence-corrected chi connectivity index (χ3v) is 7.78. The molecule has 0 saturated carbocycles. The molecule has 2 aromatic heterocycles. The Bertz CT molecular complexity index is 1410. The first kappa shape index (κ1) is 30.8. The van der Waals surface area contributed by atoms with Crippen LogP contribution in [0.25, 0.3) is 11.3 Å². The molecule has 5 heterocycles. The summed E-state index contributed by atoms with van der Waals surface area (Å²) in [5.41, 5.74) is 1.01. The van der Waals surface area contributed by atoms with Gasteiger partial charge in [0.15, 0.2) is 12.1 Å². The molecule has 1 N–H and O–H groups in total. The summed E-state index contributed by atoms with van der Waals surface area (Å²) >= 11 is 6.36. The molecule has 230 valence electrons. The average Bonchev–Trinajstić information content (AvgIpc) is 3.46. The van der Waals surface area contributed by atoms with Crippen molar-refractivity contribution in [1.82, 2.24) is 9.97 Å². The van der Waals surface area contributed by atoms with Gasteiger partial charge in [0.1, 0.15) is 12.4 Å². The third kappa shape index (κ3) is 7.67. The van der Waals surface area contributed by atoms with Crippen molar-refractivity contribution < 1.29 is 32.2 Å². The number of fused-ring (bicyclic) bond motifs is 4. The summed E-state index contributed by atoms with van der Waals surface area (Å²) in [5.74, 6) is 1.70. The summed E-state index contributed by atoms with van der Waals surface area (Å²) in [6.07, 6.45) is 0.325. The van der Waals surface area contributed by atoms with Gasteiger partial charge in [-0.2, -0.15) is 18.2 Å². The van der Waals surface area contributed by atoms with Crippen LogP contribution in [0.15, 0.2) is 48.5 Å². The minimum atomic E-state index is -4.39. The zero-order valence-electron chi connectivity index (χ0n) is 23.6. The van der Waals surface area contributed by atoms with Crippen molar-refractivity contribution >= 4 is 35.3 Å². The number of likely N-dealkylation sites (N-methyl/N-ethyl adjacent to an activating group) is 1. The molecule has 2 atom stereocenters. The second-order valence-electron chi connectivity index (χ2n) is 10.4. The van der Waals surface area contributed by atoms with E-state index in [0.717, 1.165) is 69.0 Å². The average molecular weight is 620 g/mol. The van der Waals surface area contributed by atoms with E-state index in [1.807, 2.05) is 13.1 Å². The summed E-state index contributed by atoms with van der Waals surface area (Å²) in [4.78, 5) is 23.3. The lowest BCUT2D eigenvalue weighted by Crippen LogP contribution is -2.40. The molecule has 2 fully saturated rings. The first-order valence-electron chi connectivity index (χ1n) is 14.1. The highest BCUT2D eigenvalue weighted by Crippen LogP contribution is 2.42. The number of rotatable bonds is 8. The molecule has 0 aliphatic carbocycles. The number of ether oxygens (including phenoxy) is 3. The Hall–Kier alpha value is -3.61. The van der Waals surface area contributed by atoms with Crippen molar-refractivity contribution in [1.29, 1.82) is 0 Å². The predicted octanol–water partition coefficient (Wildman–Crippen LogP) is 6.02. The summed E-state index contributed by atoms with van der Waals surface area (Å²) in [5, 5.41) is 2.83. The number of alkyl halides is 3. The SMILES string of the molecule is CN1c2nc(-c3cccc(C(F)(F)F)c3)c(Cl)cc2N2CCC1C2.O=CNc1cccc(OCCOC2CCCCO2)n1. The molecular formula is C30H33ClF3N5O4. The van der Waals surface area contributed by atoms with Crippen molar-refractivity contribution in [3.8, 4) is 17.1 Å². The molecule has 2 unspecified atom stereocenters. The highest BCUT2D eigenvalue weighted by molar-refractivity contribution is 6.33. The third-order valence-electron chi connectivity index (χ3n) is 7.49. The van der Waals surface area contributed by atoms with Gasteiger partial charge in [0.2, 0.25) is 12.3 Å². The van der Waals surface area contributed by atoms with Gasteiger partial charge in [-0.1, -0.05) is 29.8 Å². The van der Waals surface area contributed by atoms with E-state index >= 15 is 0 Å². The number of halogens is 4. The van der Waals surface area contributed by atoms with Gasteiger partial charge < -0.3 is 29.3 Å². The number of anilines is 3. The topological polar surface area (TPSA) is 89.1 Å². The van der Waals surface area contributed by atoms with E-state index in [4.69, 9.17) is 25.8 Å². The van der Waals surface area contributed by atoms with E-state index in [1.165, 1.54) is 6.07 Å². The zero-order valence-corrected chi connectivity index (χ0v) is 24.4. The van der Waals surface area contributed by atoms with Crippen LogP contribution in [0.1, 0.15) is 31.2 Å². The number of carbonyl (C=O) groups excluding carboxylic acids is 1. The Balaban J connectivity index is 0.000000177. The molecular weight excluding hydrogens is 587 g/mol. The predicted molar refractivity (Wildman–Crippen MR) is 158 cm³/mol. The van der Waals surface area contributed by atoms with Gasteiger partial charge in [-0.15, -0.1) is 0 Å². The second-order valence-corrected chi connectivity index (χ2v) is 10.8. The van der Waals surface area contributed by atoms with Gasteiger partial charge >= 0.3 is 6.18 Å². The number of hydrogen-bond donors (Lipinski definition) is 1. The second kappa shape index (κ2) is 13.8. The van der Waals surface area contributed by atoms with Crippen LogP contribution >= 0.6 is 11.6 Å². The Morgan fingerprint density at radius 3 is 2.72 bits per heavy atom. The lowest BCUT2D eigenvalue weighted by atomic mass is 10.1. The highest BCUT2D eigenvalue weighted by atomic mass is 35.5. The number of carbonyl (C=O) groups is 1. The maximum absolute atomic E-state index is 13.0. The fourth-order valence-electron chi connectivity index (χ4n) is 5.26. The lowest BCUT2D eigenvalue weighted by molar-refractivity contribution is -0.165. The number of nitrogens with zero attached hydrogens (tertiary/aromatic N) is 4. The van der Waals surface area contributed by atoms with Crippen LogP contribution in [0.5, 0.6) is 5.88 Å². The molecule has 2 saturated heterocycles. The smallest absolute Gasteiger partial charge is 0.416 e. The van der Waals surface area contributed by atoms with Gasteiger partial charge in [-0.3, -0.25) is 4.79 Å². The maximum Gasteiger partial charge on any atom is 0.416 e. The highest BCUT2D eigenvalue weighted by Gasteiger charge is 2.36. The van der Waals surface area contributed by atoms with Gasteiger partial charge in [0.25, 0.3) is 0 Å². The van der Waals surface area contributed by atoms with Crippen LogP contribution in [0.4, 0.5) is 30.5 Å². The quantitative estimate of drug-likeness (QED) is 0.242. The van der Waals surface area contributed by atoms with E-state index in [2.05, 4.69) is 25.1 Å². The van der Waals surface area contributed by atoms with E-state index in [-0.39, 0.29) is 6.29 Å². The number of amides is 1. The summed E-state index contributed by atoms with van der Waals surface area (Å²) < 4.78 is 55.3. The number of aromatic nitrogens is 2. The van der Waals surface area contributed by atoms with Crippen molar-refractivity contribution in [2.75, 3.05) is 55.1 Å². The molecule has 2 bridgehead atoms. The molecule has 1 aromatic carbocycles. The van der Waals surface area contributed by atoms with Crippen LogP contribution in [0.2, 0.25) is 5.02 Å². The number of nitrogens with one attached hydrogen (secondary N) is 1. The Morgan fingerprint density at radius 1 is 1.12 bits per heavy atom. The minimum Gasteiger partial charge on any atom is -0.475 e. The Labute approximate surface area is 252 Å². The number of pyridine rings is 2. The maximum atomic E-state index is 13.0. The van der Waals surface area contributed by atoms with Crippen LogP contribution in [0, 0.1) is 0 Å². The number of benzene rings is 1. The molecule has 6 rings (SSSR count). The molecule has 3 aliphatic heterocycles. The number of hydrogen-bond acceptors (Lipinski definition) is 8. The standard InChI is InChI=1S/C17H15ClF3N3.C13H18N2O4/c1-23-12-5-6-24(9-12)14-8-13(18)15(22-16(14)23)10-3-2-4-11(7-10)17(19,20)21;16-10-14-11-4-3-5-12(15-11)17-8-9-19-13-6-1-2-7-18-13/h2-4,7-8,12H,5-6,9H2,1H3;3-5,10,13H,1-2,6-9H2,(H,14,15,16). The van der Waals surface area contributed by atoms with Crippen molar-refractivity contribution in [2.24, 2.45) is 0 Å². The molecule has 43 heavy (non-hydrogen) atoms. The van der Waals surface area contributed by atoms with Gasteiger partial charge in [0.05, 0.1) is 28.6 Å². The van der Waals surface area contributed by atoms with Crippen LogP contribution in [-0.2, 0) is 20.4 Å².